The minimum atomic E-state index is -0.447. The van der Waals surface area contributed by atoms with Gasteiger partial charge in [0.1, 0.15) is 6.10 Å². The Labute approximate surface area is 119 Å². The van der Waals surface area contributed by atoms with Gasteiger partial charge in [0.15, 0.2) is 0 Å². The number of nitrogens with one attached hydrogen (secondary N) is 1. The molecule has 1 rings (SSSR count). The molecule has 1 amide bonds. The topological polar surface area (TPSA) is 90.7 Å². The van der Waals surface area contributed by atoms with Crippen molar-refractivity contribution in [1.29, 1.82) is 0 Å². The van der Waals surface area contributed by atoms with Crippen LogP contribution in [0.2, 0.25) is 0 Å². The van der Waals surface area contributed by atoms with Crippen molar-refractivity contribution in [1.82, 2.24) is 5.32 Å². The van der Waals surface area contributed by atoms with Gasteiger partial charge >= 0.3 is 5.97 Å². The molecular formula is C14H24N2O4. The number of rotatable bonds is 7. The largest absolute Gasteiger partial charge is 0.368 e. The monoisotopic (exact) mass is 284 g/mol. The van der Waals surface area contributed by atoms with Gasteiger partial charge in [0.05, 0.1) is 6.04 Å². The maximum Gasteiger partial charge on any atom is 0.368 e. The van der Waals surface area contributed by atoms with E-state index >= 15 is 0 Å². The Bertz CT molecular complexity index is 368. The number of nitrogens with two attached hydrogens (primary N) is 1. The van der Waals surface area contributed by atoms with Crippen molar-refractivity contribution in [2.45, 2.75) is 58.1 Å². The third-order valence-electron chi connectivity index (χ3n) is 3.29. The van der Waals surface area contributed by atoms with Gasteiger partial charge in [0.25, 0.3) is 0 Å². The molecule has 0 radical (unpaired) electrons. The lowest BCUT2D eigenvalue weighted by atomic mass is 10.00. The van der Waals surface area contributed by atoms with E-state index in [0.29, 0.717) is 12.0 Å². The van der Waals surface area contributed by atoms with Crippen molar-refractivity contribution in [2.24, 2.45) is 5.73 Å². The molecule has 0 fully saturated rings. The summed E-state index contributed by atoms with van der Waals surface area (Å²) in [7, 11) is 0. The van der Waals surface area contributed by atoms with Gasteiger partial charge in [-0.25, -0.2) is 4.79 Å². The molecule has 0 heterocycles. The Kier molecular flexibility index (Phi) is 7.25. The number of allylic oxidation sites excluding steroid dienone is 1. The summed E-state index contributed by atoms with van der Waals surface area (Å²) in [6.07, 6.45) is 5.75. The van der Waals surface area contributed by atoms with Crippen molar-refractivity contribution >= 4 is 11.9 Å². The van der Waals surface area contributed by atoms with Crippen molar-refractivity contribution in [3.63, 3.8) is 0 Å². The zero-order valence-corrected chi connectivity index (χ0v) is 12.2. The van der Waals surface area contributed by atoms with E-state index in [1.165, 1.54) is 6.92 Å². The lowest BCUT2D eigenvalue weighted by Crippen LogP contribution is -2.48. The lowest BCUT2D eigenvalue weighted by molar-refractivity contribution is -0.299. The summed E-state index contributed by atoms with van der Waals surface area (Å²) in [6, 6.07) is -0.370. The highest BCUT2D eigenvalue weighted by atomic mass is 17.2. The first-order valence-corrected chi connectivity index (χ1v) is 7.12. The van der Waals surface area contributed by atoms with Crippen LogP contribution in [0.5, 0.6) is 0 Å². The smallest absolute Gasteiger partial charge is 0.350 e. The summed E-state index contributed by atoms with van der Waals surface area (Å²) >= 11 is 0. The molecule has 0 aromatic rings. The summed E-state index contributed by atoms with van der Waals surface area (Å²) in [5.74, 6) is -0.634. The minimum absolute atomic E-state index is 0.191. The maximum absolute atomic E-state index is 11.8. The van der Waals surface area contributed by atoms with Gasteiger partial charge in [-0.05, 0) is 32.1 Å². The second kappa shape index (κ2) is 8.71. The Hall–Kier alpha value is -1.40. The fraction of sp³-hybridized carbons (Fsp3) is 0.714. The highest BCUT2D eigenvalue weighted by Crippen LogP contribution is 2.19. The van der Waals surface area contributed by atoms with Crippen LogP contribution >= 0.6 is 0 Å². The van der Waals surface area contributed by atoms with Gasteiger partial charge in [-0.15, -0.1) is 0 Å². The molecule has 6 nitrogen and oxygen atoms in total. The van der Waals surface area contributed by atoms with Gasteiger partial charge in [0.2, 0.25) is 5.91 Å². The quantitative estimate of drug-likeness (QED) is 0.541. The average Bonchev–Trinajstić information content (AvgIpc) is 2.46. The molecule has 3 N–H and O–H groups in total. The first-order chi connectivity index (χ1) is 9.58. The van der Waals surface area contributed by atoms with E-state index in [4.69, 9.17) is 15.5 Å². The molecular weight excluding hydrogens is 260 g/mol. The maximum atomic E-state index is 11.8. The summed E-state index contributed by atoms with van der Waals surface area (Å²) in [6.45, 7) is 3.51. The molecule has 0 aromatic heterocycles. The molecule has 0 saturated heterocycles. The molecule has 0 aliphatic heterocycles. The molecule has 1 aliphatic rings. The van der Waals surface area contributed by atoms with Crippen LogP contribution in [0.3, 0.4) is 0 Å². The number of amides is 1. The minimum Gasteiger partial charge on any atom is -0.350 e. The van der Waals surface area contributed by atoms with Crippen LogP contribution in [0.4, 0.5) is 0 Å². The highest BCUT2D eigenvalue weighted by molar-refractivity contribution is 5.88. The molecule has 20 heavy (non-hydrogen) atoms. The Balaban J connectivity index is 2.48. The van der Waals surface area contributed by atoms with E-state index in [0.717, 1.165) is 25.7 Å². The summed E-state index contributed by atoms with van der Waals surface area (Å²) < 4.78 is 0. The SMILES string of the molecule is CCC(OOC(=O)C1=CCCCC1)C(CN)NC(C)=O. The standard InChI is InChI=1S/C14H24N2O4/c1-3-13(12(9-15)16-10(2)17)19-20-14(18)11-7-5-4-6-8-11/h7,12-13H,3-6,8-9,15H2,1-2H3,(H,16,17). The predicted molar refractivity (Wildman–Crippen MR) is 74.5 cm³/mol. The second-order valence-electron chi connectivity index (χ2n) is 4.93. The number of hydrogen-bond donors (Lipinski definition) is 2. The van der Waals surface area contributed by atoms with Crippen LogP contribution in [0.1, 0.15) is 46.0 Å². The molecule has 1 aliphatic carbocycles. The van der Waals surface area contributed by atoms with E-state index in [2.05, 4.69) is 5.32 Å². The van der Waals surface area contributed by atoms with E-state index < -0.39 is 12.1 Å². The lowest BCUT2D eigenvalue weighted by Gasteiger charge is -2.24. The summed E-state index contributed by atoms with van der Waals surface area (Å²) in [4.78, 5) is 33.0. The predicted octanol–water partition coefficient (Wildman–Crippen LogP) is 1.20. The fourth-order valence-corrected chi connectivity index (χ4v) is 2.17. The molecule has 0 aromatic carbocycles. The second-order valence-corrected chi connectivity index (χ2v) is 4.93. The van der Waals surface area contributed by atoms with E-state index in [1.54, 1.807) is 0 Å². The van der Waals surface area contributed by atoms with Gasteiger partial charge in [0, 0.05) is 19.0 Å². The van der Waals surface area contributed by atoms with Gasteiger partial charge in [-0.2, -0.15) is 4.89 Å². The molecule has 0 spiro atoms. The molecule has 2 atom stereocenters. The first kappa shape index (κ1) is 16.7. The number of carbonyl (C=O) groups excluding carboxylic acids is 2. The molecule has 0 saturated carbocycles. The van der Waals surface area contributed by atoms with Crippen molar-refractivity contribution < 1.29 is 19.4 Å². The first-order valence-electron chi connectivity index (χ1n) is 7.12. The van der Waals surface area contributed by atoms with E-state index in [-0.39, 0.29) is 18.5 Å². The zero-order valence-electron chi connectivity index (χ0n) is 12.2. The normalized spacial score (nSPS) is 17.9. The van der Waals surface area contributed by atoms with Crippen LogP contribution in [-0.2, 0) is 19.4 Å². The van der Waals surface area contributed by atoms with Crippen LogP contribution in [0.25, 0.3) is 0 Å². The molecule has 0 bridgehead atoms. The summed E-state index contributed by atoms with van der Waals surface area (Å²) in [5, 5.41) is 2.69. The third kappa shape index (κ3) is 5.30. The zero-order chi connectivity index (χ0) is 15.0. The van der Waals surface area contributed by atoms with Crippen LogP contribution in [-0.4, -0.2) is 30.6 Å². The van der Waals surface area contributed by atoms with Gasteiger partial charge in [-0.3, -0.25) is 9.68 Å². The van der Waals surface area contributed by atoms with Crippen molar-refractivity contribution in [3.8, 4) is 0 Å². The van der Waals surface area contributed by atoms with Crippen molar-refractivity contribution in [3.05, 3.63) is 11.6 Å². The average molecular weight is 284 g/mol. The third-order valence-corrected chi connectivity index (χ3v) is 3.29. The highest BCUT2D eigenvalue weighted by Gasteiger charge is 2.24. The Morgan fingerprint density at radius 3 is 2.70 bits per heavy atom. The number of carbonyl (C=O) groups is 2. The van der Waals surface area contributed by atoms with Crippen LogP contribution < -0.4 is 11.1 Å². The van der Waals surface area contributed by atoms with Gasteiger partial charge in [-0.1, -0.05) is 13.0 Å². The van der Waals surface area contributed by atoms with Crippen LogP contribution in [0, 0.1) is 0 Å². The Morgan fingerprint density at radius 1 is 1.45 bits per heavy atom. The molecule has 6 heteroatoms. The Morgan fingerprint density at radius 2 is 2.20 bits per heavy atom. The molecule has 2 unspecified atom stereocenters. The van der Waals surface area contributed by atoms with Crippen molar-refractivity contribution in [2.75, 3.05) is 6.54 Å². The van der Waals surface area contributed by atoms with Gasteiger partial charge < -0.3 is 11.1 Å². The molecule has 114 valence electrons. The number of hydrogen-bond acceptors (Lipinski definition) is 5. The fourth-order valence-electron chi connectivity index (χ4n) is 2.17. The van der Waals surface area contributed by atoms with E-state index in [1.807, 2.05) is 13.0 Å². The summed E-state index contributed by atoms with van der Waals surface area (Å²) in [5.41, 5.74) is 6.26. The van der Waals surface area contributed by atoms with E-state index in [9.17, 15) is 9.59 Å². The van der Waals surface area contributed by atoms with Crippen LogP contribution in [0.15, 0.2) is 11.6 Å².